The van der Waals surface area contributed by atoms with Gasteiger partial charge >= 0.3 is 5.97 Å². The van der Waals surface area contributed by atoms with Crippen molar-refractivity contribution in [2.24, 2.45) is 0 Å². The maximum Gasteiger partial charge on any atom is 0.325 e. The van der Waals surface area contributed by atoms with Gasteiger partial charge in [-0.05, 0) is 33.0 Å². The standard InChI is InChI=1S/C14H19NO4/c1-4-18-12-6-9-5-8(2)19-11(9)7-10(12)13(15-3)14(16)17/h6-8,13,15H,4-5H2,1-3H3,(H,16,17). The SMILES string of the molecule is CCOc1cc2c(cc1C(NC)C(=O)O)OC(C)C2. The van der Waals surface area contributed by atoms with Crippen LogP contribution in [-0.4, -0.2) is 30.8 Å². The van der Waals surface area contributed by atoms with Crippen LogP contribution in [0.5, 0.6) is 11.5 Å². The predicted molar refractivity (Wildman–Crippen MR) is 70.8 cm³/mol. The molecule has 1 aromatic rings. The molecular formula is C14H19NO4. The number of fused-ring (bicyclic) bond motifs is 1. The summed E-state index contributed by atoms with van der Waals surface area (Å²) in [5, 5.41) is 12.0. The van der Waals surface area contributed by atoms with E-state index < -0.39 is 12.0 Å². The number of nitrogens with one attached hydrogen (secondary N) is 1. The molecule has 1 heterocycles. The second kappa shape index (κ2) is 5.48. The van der Waals surface area contributed by atoms with E-state index in [9.17, 15) is 9.90 Å². The van der Waals surface area contributed by atoms with Crippen LogP contribution in [0.2, 0.25) is 0 Å². The summed E-state index contributed by atoms with van der Waals surface area (Å²) in [4.78, 5) is 11.3. The molecule has 2 atom stereocenters. The molecule has 0 aliphatic carbocycles. The molecule has 1 aromatic carbocycles. The van der Waals surface area contributed by atoms with Crippen molar-refractivity contribution < 1.29 is 19.4 Å². The number of aliphatic carboxylic acids is 1. The van der Waals surface area contributed by atoms with Crippen molar-refractivity contribution in [3.05, 3.63) is 23.3 Å². The van der Waals surface area contributed by atoms with Gasteiger partial charge in [0.25, 0.3) is 0 Å². The van der Waals surface area contributed by atoms with Crippen LogP contribution in [-0.2, 0) is 11.2 Å². The quantitative estimate of drug-likeness (QED) is 0.849. The first-order valence-electron chi connectivity index (χ1n) is 6.43. The van der Waals surface area contributed by atoms with Crippen molar-refractivity contribution in [1.82, 2.24) is 5.32 Å². The first-order chi connectivity index (χ1) is 9.06. The fourth-order valence-corrected chi connectivity index (χ4v) is 2.37. The zero-order valence-corrected chi connectivity index (χ0v) is 11.4. The molecular weight excluding hydrogens is 246 g/mol. The summed E-state index contributed by atoms with van der Waals surface area (Å²) < 4.78 is 11.3. The Hall–Kier alpha value is -1.75. The van der Waals surface area contributed by atoms with E-state index >= 15 is 0 Å². The van der Waals surface area contributed by atoms with Crippen molar-refractivity contribution in [3.63, 3.8) is 0 Å². The third-order valence-electron chi connectivity index (χ3n) is 3.17. The van der Waals surface area contributed by atoms with Crippen LogP contribution in [0.1, 0.15) is 31.0 Å². The topological polar surface area (TPSA) is 67.8 Å². The Balaban J connectivity index is 2.46. The maximum absolute atomic E-state index is 11.3. The lowest BCUT2D eigenvalue weighted by molar-refractivity contribution is -0.139. The third kappa shape index (κ3) is 2.66. The first-order valence-corrected chi connectivity index (χ1v) is 6.43. The van der Waals surface area contributed by atoms with Gasteiger partial charge in [-0.25, -0.2) is 0 Å². The number of hydrogen-bond acceptors (Lipinski definition) is 4. The Kier molecular flexibility index (Phi) is 3.95. The zero-order chi connectivity index (χ0) is 14.0. The van der Waals surface area contributed by atoms with Gasteiger partial charge in [0.15, 0.2) is 0 Å². The summed E-state index contributed by atoms with van der Waals surface area (Å²) in [7, 11) is 1.62. The molecule has 5 nitrogen and oxygen atoms in total. The second-order valence-electron chi connectivity index (χ2n) is 4.62. The Bertz CT molecular complexity index is 487. The van der Waals surface area contributed by atoms with Crippen LogP contribution in [0.3, 0.4) is 0 Å². The number of rotatable bonds is 5. The average molecular weight is 265 g/mol. The first kappa shape index (κ1) is 13.7. The number of hydrogen-bond donors (Lipinski definition) is 2. The van der Waals surface area contributed by atoms with Gasteiger partial charge < -0.3 is 19.9 Å². The van der Waals surface area contributed by atoms with Crippen LogP contribution in [0.15, 0.2) is 12.1 Å². The molecule has 0 saturated carbocycles. The van der Waals surface area contributed by atoms with Crippen LogP contribution in [0.4, 0.5) is 0 Å². The number of carbonyl (C=O) groups is 1. The molecule has 0 aromatic heterocycles. The maximum atomic E-state index is 11.3. The minimum atomic E-state index is -0.936. The minimum absolute atomic E-state index is 0.123. The second-order valence-corrected chi connectivity index (χ2v) is 4.62. The summed E-state index contributed by atoms with van der Waals surface area (Å²) in [6.45, 7) is 4.37. The molecule has 5 heteroatoms. The van der Waals surface area contributed by atoms with Gasteiger partial charge in [-0.1, -0.05) is 0 Å². The van der Waals surface area contributed by atoms with Gasteiger partial charge in [0.2, 0.25) is 0 Å². The Morgan fingerprint density at radius 1 is 1.63 bits per heavy atom. The van der Waals surface area contributed by atoms with E-state index in [2.05, 4.69) is 5.32 Å². The molecule has 0 radical (unpaired) electrons. The molecule has 1 aliphatic rings. The van der Waals surface area contributed by atoms with E-state index in [1.54, 1.807) is 13.1 Å². The van der Waals surface area contributed by atoms with Gasteiger partial charge in [-0.15, -0.1) is 0 Å². The monoisotopic (exact) mass is 265 g/mol. The highest BCUT2D eigenvalue weighted by Crippen LogP contribution is 2.37. The summed E-state index contributed by atoms with van der Waals surface area (Å²) in [6, 6.07) is 2.87. The molecule has 0 bridgehead atoms. The number of ether oxygens (including phenoxy) is 2. The number of benzene rings is 1. The Morgan fingerprint density at radius 2 is 2.37 bits per heavy atom. The summed E-state index contributed by atoms with van der Waals surface area (Å²) in [6.07, 6.45) is 0.949. The van der Waals surface area contributed by atoms with Crippen molar-refractivity contribution in [3.8, 4) is 11.5 Å². The van der Waals surface area contributed by atoms with E-state index in [0.29, 0.717) is 17.9 Å². The summed E-state index contributed by atoms with van der Waals surface area (Å²) in [5.74, 6) is 0.433. The Morgan fingerprint density at radius 3 is 2.95 bits per heavy atom. The minimum Gasteiger partial charge on any atom is -0.494 e. The van der Waals surface area contributed by atoms with Gasteiger partial charge in [0.05, 0.1) is 6.61 Å². The highest BCUT2D eigenvalue weighted by molar-refractivity contribution is 5.77. The van der Waals surface area contributed by atoms with Crippen LogP contribution < -0.4 is 14.8 Å². The van der Waals surface area contributed by atoms with Gasteiger partial charge in [-0.2, -0.15) is 0 Å². The van der Waals surface area contributed by atoms with Crippen molar-refractivity contribution >= 4 is 5.97 Å². The molecule has 0 fully saturated rings. The van der Waals surface area contributed by atoms with Crippen LogP contribution in [0.25, 0.3) is 0 Å². The van der Waals surface area contributed by atoms with Crippen molar-refractivity contribution in [2.45, 2.75) is 32.4 Å². The van der Waals surface area contributed by atoms with Crippen LogP contribution in [0, 0.1) is 0 Å². The molecule has 19 heavy (non-hydrogen) atoms. The van der Waals surface area contributed by atoms with Crippen molar-refractivity contribution in [1.29, 1.82) is 0 Å². The Labute approximate surface area is 112 Å². The van der Waals surface area contributed by atoms with E-state index in [-0.39, 0.29) is 6.10 Å². The lowest BCUT2D eigenvalue weighted by atomic mass is 10.0. The lowest BCUT2D eigenvalue weighted by Crippen LogP contribution is -2.25. The lowest BCUT2D eigenvalue weighted by Gasteiger charge is -2.17. The molecule has 0 spiro atoms. The van der Waals surface area contributed by atoms with E-state index in [1.165, 1.54) is 0 Å². The van der Waals surface area contributed by atoms with E-state index in [1.807, 2.05) is 19.9 Å². The number of likely N-dealkylation sites (N-methyl/N-ethyl adjacent to an activating group) is 1. The summed E-state index contributed by atoms with van der Waals surface area (Å²) >= 11 is 0. The highest BCUT2D eigenvalue weighted by atomic mass is 16.5. The molecule has 1 aliphatic heterocycles. The fourth-order valence-electron chi connectivity index (χ4n) is 2.37. The molecule has 0 saturated heterocycles. The summed E-state index contributed by atoms with van der Waals surface area (Å²) in [5.41, 5.74) is 1.67. The van der Waals surface area contributed by atoms with Gasteiger partial charge in [0.1, 0.15) is 23.6 Å². The molecule has 2 unspecified atom stereocenters. The molecule has 2 rings (SSSR count). The highest BCUT2D eigenvalue weighted by Gasteiger charge is 2.27. The smallest absolute Gasteiger partial charge is 0.325 e. The number of carboxylic acid groups (broad SMARTS) is 1. The molecule has 2 N–H and O–H groups in total. The largest absolute Gasteiger partial charge is 0.494 e. The van der Waals surface area contributed by atoms with Crippen LogP contribution >= 0.6 is 0 Å². The molecule has 104 valence electrons. The average Bonchev–Trinajstić information content (AvgIpc) is 2.69. The van der Waals surface area contributed by atoms with E-state index in [4.69, 9.17) is 9.47 Å². The molecule has 0 amide bonds. The number of carboxylic acids is 1. The van der Waals surface area contributed by atoms with Gasteiger partial charge in [-0.3, -0.25) is 4.79 Å². The normalized spacial score (nSPS) is 18.6. The third-order valence-corrected chi connectivity index (χ3v) is 3.17. The van der Waals surface area contributed by atoms with Crippen molar-refractivity contribution in [2.75, 3.05) is 13.7 Å². The predicted octanol–water partition coefficient (Wildman–Crippen LogP) is 1.75. The fraction of sp³-hybridized carbons (Fsp3) is 0.500. The zero-order valence-electron chi connectivity index (χ0n) is 11.4. The van der Waals surface area contributed by atoms with Gasteiger partial charge in [0, 0.05) is 17.5 Å². The van der Waals surface area contributed by atoms with E-state index in [0.717, 1.165) is 17.7 Å².